The van der Waals surface area contributed by atoms with E-state index in [1.165, 1.54) is 16.2 Å². The number of fused-ring (bicyclic) bond motifs is 1. The fourth-order valence-electron chi connectivity index (χ4n) is 6.25. The van der Waals surface area contributed by atoms with Gasteiger partial charge >= 0.3 is 0 Å². The van der Waals surface area contributed by atoms with Crippen LogP contribution in [0, 0.1) is 15.5 Å². The van der Waals surface area contributed by atoms with Crippen LogP contribution < -0.4 is 10.4 Å². The first-order valence-corrected chi connectivity index (χ1v) is 15.2. The van der Waals surface area contributed by atoms with Gasteiger partial charge in [0.05, 0.1) is 0 Å². The van der Waals surface area contributed by atoms with Crippen LogP contribution in [0.25, 0.3) is 0 Å². The van der Waals surface area contributed by atoms with Crippen LogP contribution in [-0.4, -0.2) is 24.0 Å². The van der Waals surface area contributed by atoms with E-state index in [0.29, 0.717) is 18.1 Å². The minimum atomic E-state index is -2.47. The zero-order valence-corrected chi connectivity index (χ0v) is 23.5. The summed E-state index contributed by atoms with van der Waals surface area (Å²) in [4.78, 5) is 4.81. The third kappa shape index (κ3) is 4.04. The third-order valence-electron chi connectivity index (χ3n) is 7.69. The molecule has 2 aliphatic rings. The molecule has 5 rings (SSSR count). The highest BCUT2D eigenvalue weighted by molar-refractivity contribution is 14.1. The molecule has 2 saturated carbocycles. The third-order valence-corrected chi connectivity index (χ3v) is 13.3. The zero-order chi connectivity index (χ0) is 23.4. The fourth-order valence-corrected chi connectivity index (χ4v) is 11.5. The molecule has 1 heterocycles. The summed E-state index contributed by atoms with van der Waals surface area (Å²) in [5.41, 5.74) is 0. The monoisotopic (exact) mass is 570 g/mol. The van der Waals surface area contributed by atoms with Gasteiger partial charge in [-0.05, 0) is 62.7 Å². The number of nitrogens with zero attached hydrogens (tertiary/aromatic N) is 2. The predicted molar refractivity (Wildman–Crippen MR) is 147 cm³/mol. The fraction of sp³-hybridized carbons (Fsp3) is 0.464. The molecule has 5 heteroatoms. The highest BCUT2D eigenvalue weighted by Gasteiger charge is 2.60. The summed E-state index contributed by atoms with van der Waals surface area (Å²) < 4.78 is 11.0. The molecule has 33 heavy (non-hydrogen) atoms. The Kier molecular flexibility index (Phi) is 6.11. The van der Waals surface area contributed by atoms with Gasteiger partial charge in [0.15, 0.2) is 0 Å². The summed E-state index contributed by atoms with van der Waals surface area (Å²) in [5, 5.41) is 2.80. The van der Waals surface area contributed by atoms with Crippen molar-refractivity contribution in [1.82, 2.24) is 9.55 Å². The molecule has 0 N–H and O–H groups in total. The number of halogens is 1. The number of benzene rings is 2. The van der Waals surface area contributed by atoms with Crippen molar-refractivity contribution in [2.45, 2.75) is 70.6 Å². The van der Waals surface area contributed by atoms with Crippen molar-refractivity contribution in [3.63, 3.8) is 0 Å². The molecule has 0 spiro atoms. The summed E-state index contributed by atoms with van der Waals surface area (Å²) in [6.07, 6.45) is 4.91. The maximum atomic E-state index is 7.42. The van der Waals surface area contributed by atoms with Crippen molar-refractivity contribution in [2.24, 2.45) is 11.8 Å². The van der Waals surface area contributed by atoms with Crippen molar-refractivity contribution in [3.8, 4) is 0 Å². The summed E-state index contributed by atoms with van der Waals surface area (Å²) in [6, 6.07) is 22.7. The second-order valence-corrected chi connectivity index (χ2v) is 16.5. The Balaban J connectivity index is 1.44. The van der Waals surface area contributed by atoms with Crippen molar-refractivity contribution in [1.29, 1.82) is 0 Å². The first-order chi connectivity index (χ1) is 15.7. The summed E-state index contributed by atoms with van der Waals surface area (Å²) in [7, 11) is -2.47. The van der Waals surface area contributed by atoms with Crippen molar-refractivity contribution in [3.05, 3.63) is 76.4 Å². The zero-order valence-electron chi connectivity index (χ0n) is 20.3. The van der Waals surface area contributed by atoms with E-state index >= 15 is 0 Å². The topological polar surface area (TPSA) is 27.1 Å². The Bertz CT molecular complexity index is 1050. The van der Waals surface area contributed by atoms with Crippen molar-refractivity contribution >= 4 is 41.3 Å². The smallest absolute Gasteiger partial charge is 0.261 e. The molecule has 2 fully saturated rings. The summed E-state index contributed by atoms with van der Waals surface area (Å²) in [6.45, 7) is 11.6. The van der Waals surface area contributed by atoms with E-state index in [9.17, 15) is 0 Å². The maximum Gasteiger partial charge on any atom is 0.261 e. The largest absolute Gasteiger partial charge is 0.404 e. The van der Waals surface area contributed by atoms with E-state index in [0.717, 1.165) is 28.4 Å². The van der Waals surface area contributed by atoms with Crippen LogP contribution in [0.3, 0.4) is 0 Å². The lowest BCUT2D eigenvalue weighted by molar-refractivity contribution is 0.173. The Morgan fingerprint density at radius 2 is 1.45 bits per heavy atom. The van der Waals surface area contributed by atoms with E-state index in [-0.39, 0.29) is 5.04 Å². The van der Waals surface area contributed by atoms with Gasteiger partial charge in [0.1, 0.15) is 9.53 Å². The van der Waals surface area contributed by atoms with E-state index in [1.54, 1.807) is 0 Å². The molecule has 2 unspecified atom stereocenters. The SMILES string of the molecule is CC(C)c1nc(I)cn1C1[C@H]2CC(O[Si](c3ccccc3)(c3ccccc3)C(C)(C)C)C[C@@H]12. The molecule has 0 radical (unpaired) electrons. The minimum absolute atomic E-state index is 0.0349. The van der Waals surface area contributed by atoms with Gasteiger partial charge in [-0.15, -0.1) is 0 Å². The lowest BCUT2D eigenvalue weighted by Gasteiger charge is -2.45. The lowest BCUT2D eigenvalue weighted by atomic mass is 10.1. The normalized spacial score (nSPS) is 24.8. The molecule has 4 atom stereocenters. The van der Waals surface area contributed by atoms with Gasteiger partial charge in [-0.2, -0.15) is 0 Å². The number of aromatic nitrogens is 2. The first kappa shape index (κ1) is 23.3. The molecule has 0 aliphatic heterocycles. The molecule has 174 valence electrons. The molecule has 2 aromatic carbocycles. The van der Waals surface area contributed by atoms with Crippen LogP contribution in [0.1, 0.15) is 65.2 Å². The van der Waals surface area contributed by atoms with Crippen LogP contribution in [0.2, 0.25) is 5.04 Å². The first-order valence-electron chi connectivity index (χ1n) is 12.3. The van der Waals surface area contributed by atoms with Crippen LogP contribution in [0.15, 0.2) is 66.9 Å². The predicted octanol–water partition coefficient (Wildman–Crippen LogP) is 6.14. The molecule has 0 bridgehead atoms. The Hall–Kier alpha value is -1.44. The van der Waals surface area contributed by atoms with E-state index in [4.69, 9.17) is 9.41 Å². The lowest BCUT2D eigenvalue weighted by Crippen LogP contribution is -2.67. The molecule has 2 aliphatic carbocycles. The average Bonchev–Trinajstić information content (AvgIpc) is 3.09. The van der Waals surface area contributed by atoms with Gasteiger partial charge in [-0.1, -0.05) is 95.3 Å². The van der Waals surface area contributed by atoms with Crippen LogP contribution >= 0.6 is 22.6 Å². The van der Waals surface area contributed by atoms with Crippen LogP contribution in [0.4, 0.5) is 0 Å². The molecule has 3 aromatic rings. The molecular weight excluding hydrogens is 535 g/mol. The highest BCUT2D eigenvalue weighted by Crippen LogP contribution is 2.62. The molecule has 3 nitrogen and oxygen atoms in total. The quantitative estimate of drug-likeness (QED) is 0.263. The van der Waals surface area contributed by atoms with Gasteiger partial charge < -0.3 is 8.99 Å². The Morgan fingerprint density at radius 1 is 0.939 bits per heavy atom. The van der Waals surface area contributed by atoms with Gasteiger partial charge in [0.25, 0.3) is 8.32 Å². The average molecular weight is 571 g/mol. The van der Waals surface area contributed by atoms with Gasteiger partial charge in [0, 0.05) is 24.3 Å². The van der Waals surface area contributed by atoms with Crippen LogP contribution in [0.5, 0.6) is 0 Å². The van der Waals surface area contributed by atoms with E-state index in [1.807, 2.05) is 0 Å². The van der Waals surface area contributed by atoms with Crippen molar-refractivity contribution in [2.75, 3.05) is 0 Å². The number of hydrogen-bond acceptors (Lipinski definition) is 2. The van der Waals surface area contributed by atoms with E-state index in [2.05, 4.69) is 129 Å². The molecule has 1 aromatic heterocycles. The molecule has 0 amide bonds. The van der Waals surface area contributed by atoms with Crippen LogP contribution in [-0.2, 0) is 4.43 Å². The maximum absolute atomic E-state index is 7.42. The van der Waals surface area contributed by atoms with E-state index < -0.39 is 8.32 Å². The van der Waals surface area contributed by atoms with Gasteiger partial charge in [-0.3, -0.25) is 0 Å². The second-order valence-electron chi connectivity index (χ2n) is 11.2. The Labute approximate surface area is 213 Å². The number of hydrogen-bond donors (Lipinski definition) is 0. The van der Waals surface area contributed by atoms with Gasteiger partial charge in [-0.25, -0.2) is 4.98 Å². The summed E-state index contributed by atoms with van der Waals surface area (Å²) in [5.74, 6) is 3.13. The standard InChI is InChI=1S/C28H35IN2OSi/c1-19(2)27-30-25(29)18-31(27)26-23-16-20(17-24(23)26)32-33(28(3,4)5,21-12-8-6-9-13-21)22-14-10-7-11-15-22/h6-15,18-20,23-24,26H,16-17H2,1-5H3/t20?,23-,24+,26?. The van der Waals surface area contributed by atoms with Gasteiger partial charge in [0.2, 0.25) is 0 Å². The highest BCUT2D eigenvalue weighted by atomic mass is 127. The Morgan fingerprint density at radius 3 is 1.91 bits per heavy atom. The summed E-state index contributed by atoms with van der Waals surface area (Å²) >= 11 is 2.36. The molecule has 0 saturated heterocycles. The van der Waals surface area contributed by atoms with Crippen molar-refractivity contribution < 1.29 is 4.43 Å². The number of imidazole rings is 1. The molecular formula is C28H35IN2OSi. The minimum Gasteiger partial charge on any atom is -0.404 e. The number of rotatable bonds is 6. The second kappa shape index (κ2) is 8.65.